The van der Waals surface area contributed by atoms with Crippen LogP contribution in [0.3, 0.4) is 0 Å². The van der Waals surface area contributed by atoms with E-state index < -0.39 is 0 Å². The average Bonchev–Trinajstić information content (AvgIpc) is 2.17. The molecular formula is C11H10N2. The molecule has 0 radical (unpaired) electrons. The van der Waals surface area contributed by atoms with Crippen molar-refractivity contribution < 1.29 is 0 Å². The van der Waals surface area contributed by atoms with Crippen LogP contribution in [0.15, 0.2) is 29.3 Å². The zero-order chi connectivity index (χ0) is 9.26. The maximum absolute atomic E-state index is 8.81. The number of benzene rings is 1. The summed E-state index contributed by atoms with van der Waals surface area (Å²) in [6, 6.07) is 10.1. The van der Waals surface area contributed by atoms with E-state index >= 15 is 0 Å². The third-order valence-electron chi connectivity index (χ3n) is 2.34. The minimum Gasteiger partial charge on any atom is -0.242 e. The van der Waals surface area contributed by atoms with Crippen molar-refractivity contribution in [2.75, 3.05) is 0 Å². The van der Waals surface area contributed by atoms with E-state index in [2.05, 4.69) is 17.1 Å². The Bertz CT molecular complexity index is 399. The fourth-order valence-electron chi connectivity index (χ4n) is 1.59. The molecule has 1 aliphatic rings. The molecule has 0 saturated carbocycles. The SMILES string of the molecule is CC1Cc2ccccc2N=C1C#N. The molecule has 1 aromatic carbocycles. The second kappa shape index (κ2) is 3.02. The van der Waals surface area contributed by atoms with Gasteiger partial charge in [-0.25, -0.2) is 4.99 Å². The molecule has 2 heteroatoms. The van der Waals surface area contributed by atoms with Crippen molar-refractivity contribution in [3.8, 4) is 6.07 Å². The topological polar surface area (TPSA) is 36.1 Å². The minimum atomic E-state index is 0.264. The molecule has 1 aliphatic heterocycles. The van der Waals surface area contributed by atoms with Crippen LogP contribution in [-0.2, 0) is 6.42 Å². The predicted octanol–water partition coefficient (Wildman–Crippen LogP) is 2.47. The minimum absolute atomic E-state index is 0.264. The molecule has 64 valence electrons. The van der Waals surface area contributed by atoms with Gasteiger partial charge in [0.2, 0.25) is 0 Å². The van der Waals surface area contributed by atoms with Crippen LogP contribution < -0.4 is 0 Å². The summed E-state index contributed by atoms with van der Waals surface area (Å²) in [4.78, 5) is 4.30. The number of rotatable bonds is 0. The van der Waals surface area contributed by atoms with Crippen molar-refractivity contribution >= 4 is 11.4 Å². The summed E-state index contributed by atoms with van der Waals surface area (Å²) >= 11 is 0. The van der Waals surface area contributed by atoms with Gasteiger partial charge in [-0.05, 0) is 18.1 Å². The first kappa shape index (κ1) is 8.00. The summed E-state index contributed by atoms with van der Waals surface area (Å²) in [6.07, 6.45) is 0.933. The molecule has 0 aliphatic carbocycles. The molecule has 0 amide bonds. The Hall–Kier alpha value is -1.62. The maximum Gasteiger partial charge on any atom is 0.121 e. The highest BCUT2D eigenvalue weighted by molar-refractivity contribution is 6.02. The second-order valence-electron chi connectivity index (χ2n) is 3.34. The third kappa shape index (κ3) is 1.33. The van der Waals surface area contributed by atoms with E-state index in [4.69, 9.17) is 5.26 Å². The van der Waals surface area contributed by atoms with Crippen LogP contribution in [0.2, 0.25) is 0 Å². The van der Waals surface area contributed by atoms with Crippen molar-refractivity contribution in [2.24, 2.45) is 10.9 Å². The summed E-state index contributed by atoms with van der Waals surface area (Å²) in [5, 5.41) is 8.81. The molecule has 1 heterocycles. The Kier molecular flexibility index (Phi) is 1.86. The van der Waals surface area contributed by atoms with Gasteiger partial charge in [0.25, 0.3) is 0 Å². The first-order valence-electron chi connectivity index (χ1n) is 4.38. The lowest BCUT2D eigenvalue weighted by Crippen LogP contribution is -2.15. The number of para-hydroxylation sites is 1. The van der Waals surface area contributed by atoms with E-state index in [1.807, 2.05) is 25.1 Å². The molecular weight excluding hydrogens is 160 g/mol. The van der Waals surface area contributed by atoms with Gasteiger partial charge < -0.3 is 0 Å². The molecule has 0 bridgehead atoms. The fraction of sp³-hybridized carbons (Fsp3) is 0.273. The van der Waals surface area contributed by atoms with Gasteiger partial charge in [0.15, 0.2) is 0 Å². The monoisotopic (exact) mass is 170 g/mol. The van der Waals surface area contributed by atoms with E-state index in [1.165, 1.54) is 5.56 Å². The van der Waals surface area contributed by atoms with Gasteiger partial charge in [-0.2, -0.15) is 5.26 Å². The number of nitriles is 1. The van der Waals surface area contributed by atoms with Crippen molar-refractivity contribution in [3.05, 3.63) is 29.8 Å². The summed E-state index contributed by atoms with van der Waals surface area (Å²) in [5.74, 6) is 0.264. The average molecular weight is 170 g/mol. The van der Waals surface area contributed by atoms with E-state index in [-0.39, 0.29) is 5.92 Å². The predicted molar refractivity (Wildman–Crippen MR) is 52.0 cm³/mol. The Morgan fingerprint density at radius 1 is 1.46 bits per heavy atom. The Morgan fingerprint density at radius 3 is 3.00 bits per heavy atom. The van der Waals surface area contributed by atoms with E-state index in [0.29, 0.717) is 5.71 Å². The number of hydrogen-bond donors (Lipinski definition) is 0. The molecule has 0 spiro atoms. The normalized spacial score (nSPS) is 20.0. The highest BCUT2D eigenvalue weighted by Crippen LogP contribution is 2.27. The van der Waals surface area contributed by atoms with E-state index in [1.54, 1.807) is 0 Å². The van der Waals surface area contributed by atoms with Crippen LogP contribution in [0, 0.1) is 17.2 Å². The van der Waals surface area contributed by atoms with Gasteiger partial charge in [0, 0.05) is 5.92 Å². The molecule has 0 aromatic heterocycles. The Balaban J connectivity index is 2.51. The lowest BCUT2D eigenvalue weighted by Gasteiger charge is -2.16. The van der Waals surface area contributed by atoms with Crippen molar-refractivity contribution in [2.45, 2.75) is 13.3 Å². The van der Waals surface area contributed by atoms with Crippen molar-refractivity contribution in [3.63, 3.8) is 0 Å². The second-order valence-corrected chi connectivity index (χ2v) is 3.34. The molecule has 1 aromatic rings. The van der Waals surface area contributed by atoms with E-state index in [0.717, 1.165) is 12.1 Å². The fourth-order valence-corrected chi connectivity index (χ4v) is 1.59. The smallest absolute Gasteiger partial charge is 0.121 e. The number of aliphatic imine (C=N–C) groups is 1. The van der Waals surface area contributed by atoms with Gasteiger partial charge in [-0.15, -0.1) is 0 Å². The highest BCUT2D eigenvalue weighted by atomic mass is 14.8. The van der Waals surface area contributed by atoms with Crippen LogP contribution in [0.4, 0.5) is 5.69 Å². The first-order chi connectivity index (χ1) is 6.31. The van der Waals surface area contributed by atoms with Crippen molar-refractivity contribution in [1.29, 1.82) is 5.26 Å². The lowest BCUT2D eigenvalue weighted by molar-refractivity contribution is 0.759. The summed E-state index contributed by atoms with van der Waals surface area (Å²) in [5.41, 5.74) is 2.85. The quantitative estimate of drug-likeness (QED) is 0.589. The molecule has 0 N–H and O–H groups in total. The molecule has 2 rings (SSSR count). The van der Waals surface area contributed by atoms with Gasteiger partial charge in [-0.3, -0.25) is 0 Å². The zero-order valence-corrected chi connectivity index (χ0v) is 7.49. The summed E-state index contributed by atoms with van der Waals surface area (Å²) in [7, 11) is 0. The number of hydrogen-bond acceptors (Lipinski definition) is 2. The largest absolute Gasteiger partial charge is 0.242 e. The van der Waals surface area contributed by atoms with Crippen LogP contribution in [0.5, 0.6) is 0 Å². The molecule has 1 unspecified atom stereocenters. The van der Waals surface area contributed by atoms with Gasteiger partial charge in [-0.1, -0.05) is 25.1 Å². The van der Waals surface area contributed by atoms with Gasteiger partial charge in [0.1, 0.15) is 11.8 Å². The first-order valence-corrected chi connectivity index (χ1v) is 4.38. The number of fused-ring (bicyclic) bond motifs is 1. The molecule has 13 heavy (non-hydrogen) atoms. The molecule has 1 atom stereocenters. The highest BCUT2D eigenvalue weighted by Gasteiger charge is 2.18. The molecule has 0 fully saturated rings. The zero-order valence-electron chi connectivity index (χ0n) is 7.49. The lowest BCUT2D eigenvalue weighted by atomic mass is 9.93. The summed E-state index contributed by atoms with van der Waals surface area (Å²) in [6.45, 7) is 2.04. The van der Waals surface area contributed by atoms with Crippen LogP contribution in [-0.4, -0.2) is 5.71 Å². The molecule has 0 saturated heterocycles. The van der Waals surface area contributed by atoms with Crippen LogP contribution in [0.25, 0.3) is 0 Å². The number of nitrogens with zero attached hydrogens (tertiary/aromatic N) is 2. The third-order valence-corrected chi connectivity index (χ3v) is 2.34. The standard InChI is InChI=1S/C11H10N2/c1-8-6-9-4-2-3-5-10(9)13-11(8)7-12/h2-5,8H,6H2,1H3. The molecule has 2 nitrogen and oxygen atoms in total. The Labute approximate surface area is 77.5 Å². The van der Waals surface area contributed by atoms with Crippen LogP contribution >= 0.6 is 0 Å². The summed E-state index contributed by atoms with van der Waals surface area (Å²) < 4.78 is 0. The maximum atomic E-state index is 8.81. The van der Waals surface area contributed by atoms with Crippen LogP contribution in [0.1, 0.15) is 12.5 Å². The van der Waals surface area contributed by atoms with Gasteiger partial charge >= 0.3 is 0 Å². The van der Waals surface area contributed by atoms with Gasteiger partial charge in [0.05, 0.1) is 5.69 Å². The Morgan fingerprint density at radius 2 is 2.23 bits per heavy atom. The van der Waals surface area contributed by atoms with Crippen molar-refractivity contribution in [1.82, 2.24) is 0 Å². The van der Waals surface area contributed by atoms with E-state index in [9.17, 15) is 0 Å².